The summed E-state index contributed by atoms with van der Waals surface area (Å²) < 4.78 is 0. The molecule has 2 N–H and O–H groups in total. The molecule has 2 aliphatic rings. The highest BCUT2D eigenvalue weighted by Gasteiger charge is 2.56. The minimum Gasteiger partial charge on any atom is -0.479 e. The van der Waals surface area contributed by atoms with Crippen molar-refractivity contribution in [3.05, 3.63) is 47.0 Å². The molecule has 1 aromatic rings. The smallest absolute Gasteiger partial charge is 0.332 e. The Morgan fingerprint density at radius 3 is 2.68 bits per heavy atom. The first-order valence-corrected chi connectivity index (χ1v) is 8.29. The van der Waals surface area contributed by atoms with E-state index in [0.29, 0.717) is 0 Å². The molecule has 3 rings (SSSR count). The van der Waals surface area contributed by atoms with Gasteiger partial charge in [0.1, 0.15) is 11.4 Å². The van der Waals surface area contributed by atoms with Gasteiger partial charge in [-0.1, -0.05) is 30.3 Å². The van der Waals surface area contributed by atoms with E-state index in [4.69, 9.17) is 0 Å². The van der Waals surface area contributed by atoms with E-state index < -0.39 is 29.3 Å². The Kier molecular flexibility index (Phi) is 4.69. The number of aliphatic carboxylic acids is 1. The number of nitrogens with zero attached hydrogens (tertiary/aromatic N) is 2. The third-order valence-electron chi connectivity index (χ3n) is 3.90. The molecule has 0 aromatic heterocycles. The number of hydrogen-bond acceptors (Lipinski definition) is 6. The monoisotopic (exact) mass is 359 g/mol. The van der Waals surface area contributed by atoms with Gasteiger partial charge in [-0.15, -0.1) is 11.8 Å². The molecule has 25 heavy (non-hydrogen) atoms. The number of hydrogen-bond donors (Lipinski definition) is 2. The van der Waals surface area contributed by atoms with Crippen molar-refractivity contribution >= 4 is 35.6 Å². The fraction of sp³-hybridized carbons (Fsp3) is 0.250. The molecule has 8 nitrogen and oxygen atoms in total. The Morgan fingerprint density at radius 1 is 1.32 bits per heavy atom. The van der Waals surface area contributed by atoms with E-state index in [9.17, 15) is 24.3 Å². The number of amides is 2. The van der Waals surface area contributed by atoms with E-state index in [1.54, 1.807) is 12.1 Å². The Balaban J connectivity index is 1.71. The van der Waals surface area contributed by atoms with Crippen LogP contribution in [0.3, 0.4) is 0 Å². The number of β-lactam (4-membered cyclic amide) rings is 1. The fourth-order valence-corrected chi connectivity index (χ4v) is 3.93. The lowest BCUT2D eigenvalue weighted by atomic mass is 10.0. The van der Waals surface area contributed by atoms with Crippen molar-refractivity contribution < 1.29 is 24.3 Å². The molecule has 1 fully saturated rings. The van der Waals surface area contributed by atoms with E-state index in [1.807, 2.05) is 18.2 Å². The third-order valence-corrected chi connectivity index (χ3v) is 5.05. The second-order valence-electron chi connectivity index (χ2n) is 5.47. The minimum atomic E-state index is -1.34. The largest absolute Gasteiger partial charge is 0.479 e. The fourth-order valence-electron chi connectivity index (χ4n) is 2.78. The number of thioether (sulfide) groups is 1. The van der Waals surface area contributed by atoms with Crippen molar-refractivity contribution in [2.45, 2.75) is 23.9 Å². The minimum absolute atomic E-state index is 0.0498. The number of benzene rings is 1. The first-order chi connectivity index (χ1) is 12.0. The molecular weight excluding hydrogens is 346 g/mol. The van der Waals surface area contributed by atoms with Gasteiger partial charge in [0.15, 0.2) is 6.04 Å². The van der Waals surface area contributed by atoms with Gasteiger partial charge in [0, 0.05) is 0 Å². The lowest BCUT2D eigenvalue weighted by Gasteiger charge is -2.50. The molecule has 1 saturated heterocycles. The molecule has 0 saturated carbocycles. The summed E-state index contributed by atoms with van der Waals surface area (Å²) in [5.41, 5.74) is 0.761. The second-order valence-corrected chi connectivity index (χ2v) is 6.46. The maximum atomic E-state index is 12.3. The van der Waals surface area contributed by atoms with Crippen molar-refractivity contribution in [2.75, 3.05) is 0 Å². The van der Waals surface area contributed by atoms with Crippen LogP contribution in [0.15, 0.2) is 46.4 Å². The van der Waals surface area contributed by atoms with Crippen LogP contribution in [-0.2, 0) is 25.6 Å². The van der Waals surface area contributed by atoms with Gasteiger partial charge in [-0.05, 0) is 11.0 Å². The zero-order valence-corrected chi connectivity index (χ0v) is 13.6. The molecule has 1 aromatic carbocycles. The number of carboxylic acids is 1. The van der Waals surface area contributed by atoms with Crippen molar-refractivity contribution in [2.24, 2.45) is 4.99 Å². The van der Waals surface area contributed by atoms with E-state index in [0.717, 1.165) is 22.2 Å². The molecule has 2 amide bonds. The number of nitrogens with one attached hydrogen (secondary N) is 1. The topological polar surface area (TPSA) is 116 Å². The van der Waals surface area contributed by atoms with Gasteiger partial charge >= 0.3 is 5.97 Å². The summed E-state index contributed by atoms with van der Waals surface area (Å²) >= 11 is 1.13. The van der Waals surface area contributed by atoms with Crippen LogP contribution in [0, 0.1) is 0 Å². The first kappa shape index (κ1) is 16.9. The number of carbonyl (C=O) groups is 3. The van der Waals surface area contributed by atoms with Gasteiger partial charge in [0.25, 0.3) is 0 Å². The highest BCUT2D eigenvalue weighted by molar-refractivity contribution is 8.02. The number of fused-ring (bicyclic) bond motifs is 1. The second kappa shape index (κ2) is 6.92. The Morgan fingerprint density at radius 2 is 2.04 bits per heavy atom. The van der Waals surface area contributed by atoms with E-state index in [1.165, 1.54) is 11.5 Å². The predicted molar refractivity (Wildman–Crippen MR) is 87.9 cm³/mol. The number of aliphatic imine (C=N–C) groups is 1. The highest BCUT2D eigenvalue weighted by Crippen LogP contribution is 2.40. The predicted octanol–water partition coefficient (Wildman–Crippen LogP) is 0.259. The summed E-state index contributed by atoms with van der Waals surface area (Å²) in [4.78, 5) is 50.7. The van der Waals surface area contributed by atoms with Gasteiger partial charge < -0.3 is 15.3 Å². The lowest BCUT2D eigenvalue weighted by Crippen LogP contribution is -2.73. The summed E-state index contributed by atoms with van der Waals surface area (Å²) in [6, 6.07) is 6.92. The van der Waals surface area contributed by atoms with Crippen LogP contribution in [0.4, 0.5) is 0 Å². The summed E-state index contributed by atoms with van der Waals surface area (Å²) in [7, 11) is 0. The van der Waals surface area contributed by atoms with Gasteiger partial charge in [-0.2, -0.15) is 4.99 Å². The number of carbonyl (C=O) groups excluding carboxylic acids is 3. The Hall–Kier alpha value is -2.90. The molecule has 128 valence electrons. The molecule has 0 aliphatic carbocycles. The SMILES string of the molecule is O=C=NC1=CS[C@@H]2C(NC(=O)Cc3ccccc3)C(=O)N2C1C(=O)O. The molecule has 0 bridgehead atoms. The standard InChI is InChI=1S/C16H13N3O5S/c20-8-17-10-7-25-15-12(14(22)19(15)13(10)16(23)24)18-11(21)6-9-4-2-1-3-5-9/h1-5,7,12-13,15H,6H2,(H,18,21)(H,23,24)/t12?,13?,15-/m1/s1. The summed E-state index contributed by atoms with van der Waals surface area (Å²) in [6.07, 6.45) is 1.42. The quantitative estimate of drug-likeness (QED) is 0.443. The Bertz CT molecular complexity index is 803. The van der Waals surface area contributed by atoms with E-state index in [2.05, 4.69) is 10.3 Å². The normalized spacial score (nSPS) is 24.3. The molecule has 0 spiro atoms. The van der Waals surface area contributed by atoms with E-state index >= 15 is 0 Å². The number of rotatable bonds is 5. The molecule has 3 atom stereocenters. The van der Waals surface area contributed by atoms with Crippen molar-refractivity contribution in [3.63, 3.8) is 0 Å². The van der Waals surface area contributed by atoms with Crippen molar-refractivity contribution in [1.29, 1.82) is 0 Å². The highest BCUT2D eigenvalue weighted by atomic mass is 32.2. The van der Waals surface area contributed by atoms with Crippen LogP contribution in [0.5, 0.6) is 0 Å². The van der Waals surface area contributed by atoms with Crippen molar-refractivity contribution in [1.82, 2.24) is 10.2 Å². The van der Waals surface area contributed by atoms with Crippen molar-refractivity contribution in [3.8, 4) is 0 Å². The molecule has 2 aliphatic heterocycles. The molecule has 2 unspecified atom stereocenters. The van der Waals surface area contributed by atoms with Gasteiger partial charge in [0.2, 0.25) is 17.9 Å². The number of carboxylic acid groups (broad SMARTS) is 1. The van der Waals surface area contributed by atoms with Crippen LogP contribution in [0.25, 0.3) is 0 Å². The molecule has 0 radical (unpaired) electrons. The molecule has 2 heterocycles. The van der Waals surface area contributed by atoms with Crippen LogP contribution in [0.1, 0.15) is 5.56 Å². The van der Waals surface area contributed by atoms with Crippen LogP contribution >= 0.6 is 11.8 Å². The zero-order valence-electron chi connectivity index (χ0n) is 12.8. The molecule has 9 heteroatoms. The van der Waals surface area contributed by atoms with Crippen LogP contribution in [-0.4, -0.2) is 51.3 Å². The summed E-state index contributed by atoms with van der Waals surface area (Å²) in [5.74, 6) is -2.13. The summed E-state index contributed by atoms with van der Waals surface area (Å²) in [5, 5.41) is 12.8. The van der Waals surface area contributed by atoms with Crippen LogP contribution < -0.4 is 5.32 Å². The first-order valence-electron chi connectivity index (χ1n) is 7.34. The van der Waals surface area contributed by atoms with Crippen LogP contribution in [0.2, 0.25) is 0 Å². The Labute approximate surface area is 146 Å². The third kappa shape index (κ3) is 3.19. The van der Waals surface area contributed by atoms with Gasteiger partial charge in [-0.3, -0.25) is 9.59 Å². The maximum absolute atomic E-state index is 12.3. The van der Waals surface area contributed by atoms with E-state index in [-0.39, 0.29) is 18.0 Å². The zero-order chi connectivity index (χ0) is 18.0. The van der Waals surface area contributed by atoms with Gasteiger partial charge in [-0.25, -0.2) is 9.59 Å². The summed E-state index contributed by atoms with van der Waals surface area (Å²) in [6.45, 7) is 0. The van der Waals surface area contributed by atoms with Gasteiger partial charge in [0.05, 0.1) is 12.1 Å². The number of isocyanates is 1. The lowest BCUT2D eigenvalue weighted by molar-refractivity contribution is -0.160. The maximum Gasteiger partial charge on any atom is 0.332 e. The molecular formula is C16H13N3O5S. The average molecular weight is 359 g/mol. The average Bonchev–Trinajstić information content (AvgIpc) is 2.60.